The highest BCUT2D eigenvalue weighted by atomic mass is 32.1. The molecular formula is C24H21FN2O6S. The van der Waals surface area contributed by atoms with Crippen molar-refractivity contribution in [1.82, 2.24) is 0 Å². The van der Waals surface area contributed by atoms with Gasteiger partial charge in [-0.25, -0.2) is 14.0 Å². The summed E-state index contributed by atoms with van der Waals surface area (Å²) in [6.45, 7) is 3.28. The highest BCUT2D eigenvalue weighted by molar-refractivity contribution is 7.19. The largest absolute Gasteiger partial charge is 0.465 e. The van der Waals surface area contributed by atoms with Crippen LogP contribution in [0.4, 0.5) is 15.1 Å². The van der Waals surface area contributed by atoms with Gasteiger partial charge < -0.3 is 20.1 Å². The van der Waals surface area contributed by atoms with Crippen molar-refractivity contribution < 1.29 is 33.0 Å². The van der Waals surface area contributed by atoms with Crippen LogP contribution < -0.4 is 10.6 Å². The number of benzene rings is 2. The third kappa shape index (κ3) is 5.29. The van der Waals surface area contributed by atoms with Gasteiger partial charge in [0.15, 0.2) is 0 Å². The SMILES string of the molecule is CCOC(=O)c1c(NC(=O)c2ccc(F)cc2)sc(C(=O)Nc2ccccc2C(=O)OC)c1C. The Morgan fingerprint density at radius 3 is 2.26 bits per heavy atom. The van der Waals surface area contributed by atoms with Gasteiger partial charge in [0.05, 0.1) is 35.4 Å². The minimum Gasteiger partial charge on any atom is -0.465 e. The Morgan fingerprint density at radius 2 is 1.62 bits per heavy atom. The highest BCUT2D eigenvalue weighted by Crippen LogP contribution is 2.35. The molecule has 0 atom stereocenters. The number of hydrogen-bond donors (Lipinski definition) is 2. The van der Waals surface area contributed by atoms with Gasteiger partial charge in [-0.15, -0.1) is 11.3 Å². The van der Waals surface area contributed by atoms with Crippen molar-refractivity contribution in [2.45, 2.75) is 13.8 Å². The lowest BCUT2D eigenvalue weighted by Crippen LogP contribution is -2.16. The molecule has 34 heavy (non-hydrogen) atoms. The maximum Gasteiger partial charge on any atom is 0.341 e. The molecule has 8 nitrogen and oxygen atoms in total. The Kier molecular flexibility index (Phi) is 7.75. The zero-order chi connectivity index (χ0) is 24.8. The van der Waals surface area contributed by atoms with Crippen LogP contribution in [0.1, 0.15) is 53.2 Å². The number of hydrogen-bond acceptors (Lipinski definition) is 7. The molecule has 0 aliphatic carbocycles. The van der Waals surface area contributed by atoms with Crippen LogP contribution in [0.5, 0.6) is 0 Å². The average molecular weight is 485 g/mol. The maximum atomic E-state index is 13.2. The number of amides is 2. The topological polar surface area (TPSA) is 111 Å². The lowest BCUT2D eigenvalue weighted by molar-refractivity contribution is 0.0526. The molecule has 2 N–H and O–H groups in total. The monoisotopic (exact) mass is 484 g/mol. The molecule has 3 aromatic rings. The predicted molar refractivity (Wildman–Crippen MR) is 125 cm³/mol. The fourth-order valence-electron chi connectivity index (χ4n) is 3.10. The van der Waals surface area contributed by atoms with E-state index < -0.39 is 29.6 Å². The Balaban J connectivity index is 1.96. The van der Waals surface area contributed by atoms with Crippen molar-refractivity contribution >= 4 is 45.8 Å². The predicted octanol–water partition coefficient (Wildman–Crippen LogP) is 4.66. The molecule has 2 aromatic carbocycles. The smallest absolute Gasteiger partial charge is 0.341 e. The number of ether oxygens (including phenoxy) is 2. The van der Waals surface area contributed by atoms with E-state index in [0.717, 1.165) is 23.5 Å². The van der Waals surface area contributed by atoms with Crippen LogP contribution in [0.2, 0.25) is 0 Å². The summed E-state index contributed by atoms with van der Waals surface area (Å²) in [5.74, 6) is -3.01. The average Bonchev–Trinajstić information content (AvgIpc) is 3.15. The molecule has 0 aliphatic heterocycles. The number of methoxy groups -OCH3 is 1. The van der Waals surface area contributed by atoms with E-state index in [2.05, 4.69) is 10.6 Å². The first-order chi connectivity index (χ1) is 16.3. The van der Waals surface area contributed by atoms with Crippen molar-refractivity contribution in [3.05, 3.63) is 81.5 Å². The van der Waals surface area contributed by atoms with Crippen LogP contribution in [0, 0.1) is 12.7 Å². The number of para-hydroxylation sites is 1. The molecule has 0 radical (unpaired) electrons. The lowest BCUT2D eigenvalue weighted by Gasteiger charge is -2.09. The fourth-order valence-corrected chi connectivity index (χ4v) is 4.19. The van der Waals surface area contributed by atoms with Crippen molar-refractivity contribution in [2.75, 3.05) is 24.4 Å². The molecular weight excluding hydrogens is 463 g/mol. The van der Waals surface area contributed by atoms with E-state index in [4.69, 9.17) is 9.47 Å². The third-order valence-electron chi connectivity index (χ3n) is 4.75. The molecule has 0 spiro atoms. The van der Waals surface area contributed by atoms with E-state index >= 15 is 0 Å². The van der Waals surface area contributed by atoms with Gasteiger partial charge in [-0.05, 0) is 55.8 Å². The second-order valence-corrected chi connectivity index (χ2v) is 7.95. The molecule has 10 heteroatoms. The van der Waals surface area contributed by atoms with E-state index in [1.165, 1.54) is 31.4 Å². The number of carbonyl (C=O) groups excluding carboxylic acids is 4. The van der Waals surface area contributed by atoms with Gasteiger partial charge in [0.25, 0.3) is 11.8 Å². The summed E-state index contributed by atoms with van der Waals surface area (Å²) in [6, 6.07) is 11.2. The molecule has 0 unspecified atom stereocenters. The van der Waals surface area contributed by atoms with Gasteiger partial charge in [0, 0.05) is 5.56 Å². The quantitative estimate of drug-likeness (QED) is 0.472. The van der Waals surface area contributed by atoms with Crippen molar-refractivity contribution in [2.24, 2.45) is 0 Å². The summed E-state index contributed by atoms with van der Waals surface area (Å²) < 4.78 is 23.0. The minimum atomic E-state index is -0.709. The zero-order valence-corrected chi connectivity index (χ0v) is 19.4. The number of halogens is 1. The minimum absolute atomic E-state index is 0.0358. The normalized spacial score (nSPS) is 10.4. The van der Waals surface area contributed by atoms with E-state index in [-0.39, 0.29) is 38.9 Å². The van der Waals surface area contributed by atoms with Crippen LogP contribution in [-0.2, 0) is 9.47 Å². The Bertz CT molecular complexity index is 1250. The first-order valence-electron chi connectivity index (χ1n) is 10.1. The van der Waals surface area contributed by atoms with Gasteiger partial charge >= 0.3 is 11.9 Å². The molecule has 1 heterocycles. The lowest BCUT2D eigenvalue weighted by atomic mass is 10.1. The summed E-state index contributed by atoms with van der Waals surface area (Å²) >= 11 is 0.879. The molecule has 176 valence electrons. The summed E-state index contributed by atoms with van der Waals surface area (Å²) in [6.07, 6.45) is 0. The molecule has 0 saturated heterocycles. The highest BCUT2D eigenvalue weighted by Gasteiger charge is 2.27. The van der Waals surface area contributed by atoms with E-state index in [1.54, 1.807) is 26.0 Å². The van der Waals surface area contributed by atoms with Crippen molar-refractivity contribution in [3.8, 4) is 0 Å². The van der Waals surface area contributed by atoms with Gasteiger partial charge in [-0.1, -0.05) is 12.1 Å². The second-order valence-electron chi connectivity index (χ2n) is 6.93. The zero-order valence-electron chi connectivity index (χ0n) is 18.6. The third-order valence-corrected chi connectivity index (χ3v) is 5.95. The molecule has 3 rings (SSSR count). The standard InChI is InChI=1S/C24H21FN2O6S/c1-4-33-24(31)18-13(2)19(21(29)26-17-8-6-5-7-16(17)23(30)32-3)34-22(18)27-20(28)14-9-11-15(25)12-10-14/h5-12H,4H2,1-3H3,(H,26,29)(H,27,28). The number of esters is 2. The Hall–Kier alpha value is -4.05. The summed E-state index contributed by atoms with van der Waals surface area (Å²) in [4.78, 5) is 50.5. The van der Waals surface area contributed by atoms with Gasteiger partial charge in [0.2, 0.25) is 0 Å². The molecule has 0 bridgehead atoms. The summed E-state index contributed by atoms with van der Waals surface area (Å²) in [7, 11) is 1.23. The van der Waals surface area contributed by atoms with Gasteiger partial charge in [-0.2, -0.15) is 0 Å². The number of anilines is 2. The number of nitrogens with one attached hydrogen (secondary N) is 2. The number of carbonyl (C=O) groups is 4. The Labute approximate surface area is 198 Å². The van der Waals surface area contributed by atoms with Crippen molar-refractivity contribution in [3.63, 3.8) is 0 Å². The van der Waals surface area contributed by atoms with Gasteiger partial charge in [-0.3, -0.25) is 9.59 Å². The van der Waals surface area contributed by atoms with Crippen LogP contribution in [0.15, 0.2) is 48.5 Å². The van der Waals surface area contributed by atoms with Crippen LogP contribution in [0.3, 0.4) is 0 Å². The summed E-state index contributed by atoms with van der Waals surface area (Å²) in [5.41, 5.74) is 0.879. The maximum absolute atomic E-state index is 13.2. The molecule has 0 aliphatic rings. The molecule has 1 aromatic heterocycles. The van der Waals surface area contributed by atoms with Crippen molar-refractivity contribution in [1.29, 1.82) is 0 Å². The van der Waals surface area contributed by atoms with E-state index in [1.807, 2.05) is 0 Å². The second kappa shape index (κ2) is 10.7. The fraction of sp³-hybridized carbons (Fsp3) is 0.167. The summed E-state index contributed by atoms with van der Waals surface area (Å²) in [5, 5.41) is 5.36. The molecule has 0 saturated carbocycles. The van der Waals surface area contributed by atoms with Crippen LogP contribution >= 0.6 is 11.3 Å². The number of rotatable bonds is 7. The van der Waals surface area contributed by atoms with Gasteiger partial charge in [0.1, 0.15) is 10.8 Å². The van der Waals surface area contributed by atoms with E-state index in [9.17, 15) is 23.6 Å². The first-order valence-corrected chi connectivity index (χ1v) is 10.9. The van der Waals surface area contributed by atoms with Crippen LogP contribution in [0.25, 0.3) is 0 Å². The first kappa shape index (κ1) is 24.6. The number of thiophene rings is 1. The Morgan fingerprint density at radius 1 is 0.941 bits per heavy atom. The molecule has 0 fully saturated rings. The van der Waals surface area contributed by atoms with Crippen LogP contribution in [-0.4, -0.2) is 37.5 Å². The van der Waals surface area contributed by atoms with E-state index in [0.29, 0.717) is 5.56 Å². The molecule has 2 amide bonds.